The van der Waals surface area contributed by atoms with E-state index < -0.39 is 5.97 Å². The van der Waals surface area contributed by atoms with Gasteiger partial charge in [-0.1, -0.05) is 36.4 Å². The molecule has 0 saturated heterocycles. The number of esters is 1. The van der Waals surface area contributed by atoms with Crippen LogP contribution < -0.4 is 0 Å². The van der Waals surface area contributed by atoms with Crippen molar-refractivity contribution in [2.45, 2.75) is 25.9 Å². The first-order valence-corrected chi connectivity index (χ1v) is 5.54. The zero-order valence-corrected chi connectivity index (χ0v) is 9.72. The molecule has 17 heavy (non-hydrogen) atoms. The predicted octanol–water partition coefficient (Wildman–Crippen LogP) is 2.66. The van der Waals surface area contributed by atoms with Gasteiger partial charge in [0.05, 0.1) is 0 Å². The van der Waals surface area contributed by atoms with Gasteiger partial charge >= 0.3 is 5.97 Å². The lowest BCUT2D eigenvalue weighted by Crippen LogP contribution is -2.10. The number of ketones is 1. The molecule has 1 aromatic rings. The first kappa shape index (κ1) is 13.2. The summed E-state index contributed by atoms with van der Waals surface area (Å²) in [4.78, 5) is 22.6. The highest BCUT2D eigenvalue weighted by Crippen LogP contribution is 2.03. The van der Waals surface area contributed by atoms with Crippen molar-refractivity contribution in [1.29, 1.82) is 0 Å². The highest BCUT2D eigenvalue weighted by molar-refractivity contribution is 5.95. The van der Waals surface area contributed by atoms with Gasteiger partial charge in [-0.25, -0.2) is 0 Å². The van der Waals surface area contributed by atoms with Crippen molar-refractivity contribution in [3.05, 3.63) is 48.6 Å². The van der Waals surface area contributed by atoms with Crippen LogP contribution in [0.4, 0.5) is 0 Å². The largest absolute Gasteiger partial charge is 0.460 e. The molecular weight excluding hydrogens is 216 g/mol. The van der Waals surface area contributed by atoms with Crippen molar-refractivity contribution in [1.82, 2.24) is 0 Å². The van der Waals surface area contributed by atoms with Crippen molar-refractivity contribution < 1.29 is 14.3 Å². The molecule has 0 radical (unpaired) electrons. The molecule has 90 valence electrons. The van der Waals surface area contributed by atoms with Crippen molar-refractivity contribution in [2.75, 3.05) is 0 Å². The van der Waals surface area contributed by atoms with Crippen molar-refractivity contribution >= 4 is 11.8 Å². The number of carbonyl (C=O) groups excluding carboxylic acids is 2. The molecule has 1 aromatic carbocycles. The van der Waals surface area contributed by atoms with Crippen LogP contribution in [0.3, 0.4) is 0 Å². The second kappa shape index (κ2) is 7.39. The quantitative estimate of drug-likeness (QED) is 0.412. The summed E-state index contributed by atoms with van der Waals surface area (Å²) in [6.07, 6.45) is 2.46. The molecule has 0 heterocycles. The number of rotatable bonds is 7. The number of ether oxygens (including phenoxy) is 1. The third-order valence-electron chi connectivity index (χ3n) is 2.21. The summed E-state index contributed by atoms with van der Waals surface area (Å²) < 4.78 is 4.99. The molecule has 0 amide bonds. The lowest BCUT2D eigenvalue weighted by molar-refractivity contribution is -0.147. The van der Waals surface area contributed by atoms with Crippen LogP contribution in [0.5, 0.6) is 0 Å². The maximum atomic E-state index is 11.3. The van der Waals surface area contributed by atoms with Gasteiger partial charge in [-0.15, -0.1) is 6.58 Å². The van der Waals surface area contributed by atoms with Crippen LogP contribution in [-0.2, 0) is 20.9 Å². The Labute approximate surface area is 101 Å². The summed E-state index contributed by atoms with van der Waals surface area (Å²) >= 11 is 0. The van der Waals surface area contributed by atoms with Gasteiger partial charge in [0.25, 0.3) is 0 Å². The average Bonchev–Trinajstić information content (AvgIpc) is 2.35. The minimum Gasteiger partial charge on any atom is -0.460 e. The SMILES string of the molecule is C=CCCC(=O)CC(=O)OCc1ccccc1. The van der Waals surface area contributed by atoms with Crippen molar-refractivity contribution in [2.24, 2.45) is 0 Å². The van der Waals surface area contributed by atoms with E-state index in [4.69, 9.17) is 4.74 Å². The Morgan fingerprint density at radius 2 is 1.94 bits per heavy atom. The van der Waals surface area contributed by atoms with E-state index in [0.717, 1.165) is 5.56 Å². The van der Waals surface area contributed by atoms with Gasteiger partial charge < -0.3 is 4.74 Å². The van der Waals surface area contributed by atoms with E-state index in [9.17, 15) is 9.59 Å². The number of benzene rings is 1. The molecule has 0 N–H and O–H groups in total. The number of carbonyl (C=O) groups is 2. The van der Waals surface area contributed by atoms with Crippen molar-refractivity contribution in [3.63, 3.8) is 0 Å². The predicted molar refractivity (Wildman–Crippen MR) is 65.3 cm³/mol. The summed E-state index contributed by atoms with van der Waals surface area (Å²) in [6, 6.07) is 9.38. The fourth-order valence-corrected chi connectivity index (χ4v) is 1.30. The standard InChI is InChI=1S/C14H16O3/c1-2-3-9-13(15)10-14(16)17-11-12-7-5-4-6-8-12/h2,4-8H,1,3,9-11H2. The maximum Gasteiger partial charge on any atom is 0.313 e. The Kier molecular flexibility index (Phi) is 5.72. The molecule has 0 aliphatic rings. The lowest BCUT2D eigenvalue weighted by Gasteiger charge is -2.04. The Morgan fingerprint density at radius 1 is 1.24 bits per heavy atom. The third kappa shape index (κ3) is 5.66. The molecular formula is C14H16O3. The lowest BCUT2D eigenvalue weighted by atomic mass is 10.2. The molecule has 0 unspecified atom stereocenters. The van der Waals surface area contributed by atoms with E-state index in [-0.39, 0.29) is 18.8 Å². The minimum atomic E-state index is -0.470. The number of allylic oxidation sites excluding steroid dienone is 1. The molecule has 0 aromatic heterocycles. The van der Waals surface area contributed by atoms with E-state index in [1.54, 1.807) is 6.08 Å². The van der Waals surface area contributed by atoms with Crippen molar-refractivity contribution in [3.8, 4) is 0 Å². The van der Waals surface area contributed by atoms with Crippen LogP contribution >= 0.6 is 0 Å². The monoisotopic (exact) mass is 232 g/mol. The first-order valence-electron chi connectivity index (χ1n) is 5.54. The van der Waals surface area contributed by atoms with Gasteiger partial charge in [0, 0.05) is 6.42 Å². The molecule has 0 saturated carbocycles. The molecule has 0 fully saturated rings. The van der Waals surface area contributed by atoms with E-state index >= 15 is 0 Å². The van der Waals surface area contributed by atoms with Gasteiger partial charge in [0.2, 0.25) is 0 Å². The topological polar surface area (TPSA) is 43.4 Å². The Balaban J connectivity index is 2.26. The van der Waals surface area contributed by atoms with Crippen LogP contribution in [-0.4, -0.2) is 11.8 Å². The minimum absolute atomic E-state index is 0.108. The summed E-state index contributed by atoms with van der Waals surface area (Å²) in [6.45, 7) is 3.74. The van der Waals surface area contributed by atoms with Crippen LogP contribution in [0.1, 0.15) is 24.8 Å². The first-order chi connectivity index (χ1) is 8.22. The molecule has 0 spiro atoms. The third-order valence-corrected chi connectivity index (χ3v) is 2.21. The van der Waals surface area contributed by atoms with E-state index in [2.05, 4.69) is 6.58 Å². The molecule has 0 atom stereocenters. The summed E-state index contributed by atoms with van der Waals surface area (Å²) in [7, 11) is 0. The second-order valence-electron chi connectivity index (χ2n) is 3.69. The van der Waals surface area contributed by atoms with E-state index in [0.29, 0.717) is 12.8 Å². The number of Topliss-reactive ketones (excluding diaryl/α,β-unsaturated/α-hetero) is 1. The molecule has 3 nitrogen and oxygen atoms in total. The average molecular weight is 232 g/mol. The molecule has 0 aliphatic heterocycles. The Bertz CT molecular complexity index is 382. The van der Waals surface area contributed by atoms with Crippen LogP contribution in [0.25, 0.3) is 0 Å². The highest BCUT2D eigenvalue weighted by atomic mass is 16.5. The zero-order valence-electron chi connectivity index (χ0n) is 9.72. The Hall–Kier alpha value is -1.90. The molecule has 0 aliphatic carbocycles. The fraction of sp³-hybridized carbons (Fsp3) is 0.286. The van der Waals surface area contributed by atoms with E-state index in [1.807, 2.05) is 30.3 Å². The fourth-order valence-electron chi connectivity index (χ4n) is 1.30. The highest BCUT2D eigenvalue weighted by Gasteiger charge is 2.09. The Morgan fingerprint density at radius 3 is 2.59 bits per heavy atom. The maximum absolute atomic E-state index is 11.3. The van der Waals surface area contributed by atoms with Crippen LogP contribution in [0.2, 0.25) is 0 Å². The molecule has 1 rings (SSSR count). The van der Waals surface area contributed by atoms with Gasteiger partial charge in [0.1, 0.15) is 18.8 Å². The van der Waals surface area contributed by atoms with Gasteiger partial charge in [-0.05, 0) is 12.0 Å². The molecule has 0 bridgehead atoms. The zero-order chi connectivity index (χ0) is 12.5. The van der Waals surface area contributed by atoms with Gasteiger partial charge in [0.15, 0.2) is 0 Å². The van der Waals surface area contributed by atoms with Gasteiger partial charge in [-0.2, -0.15) is 0 Å². The number of hydrogen-bond donors (Lipinski definition) is 0. The van der Waals surface area contributed by atoms with Crippen LogP contribution in [0.15, 0.2) is 43.0 Å². The normalized spacial score (nSPS) is 9.65. The van der Waals surface area contributed by atoms with Gasteiger partial charge in [-0.3, -0.25) is 9.59 Å². The van der Waals surface area contributed by atoms with E-state index in [1.165, 1.54) is 0 Å². The summed E-state index contributed by atoms with van der Waals surface area (Å²) in [5, 5.41) is 0. The second-order valence-corrected chi connectivity index (χ2v) is 3.69. The number of hydrogen-bond acceptors (Lipinski definition) is 3. The summed E-state index contributed by atoms with van der Waals surface area (Å²) in [5.74, 6) is -0.578. The molecule has 3 heteroatoms. The smallest absolute Gasteiger partial charge is 0.313 e. The van der Waals surface area contributed by atoms with Crippen LogP contribution in [0, 0.1) is 0 Å². The summed E-state index contributed by atoms with van der Waals surface area (Å²) in [5.41, 5.74) is 0.916.